The van der Waals surface area contributed by atoms with Crippen LogP contribution in [0.5, 0.6) is 6.01 Å². The van der Waals surface area contributed by atoms with Crippen LogP contribution in [0, 0.1) is 17.1 Å². The topological polar surface area (TPSA) is 80.5 Å². The minimum Gasteiger partial charge on any atom is -0.462 e. The highest BCUT2D eigenvalue weighted by Crippen LogP contribution is 2.36. The van der Waals surface area contributed by atoms with Gasteiger partial charge < -0.3 is 24.8 Å². The van der Waals surface area contributed by atoms with Crippen molar-refractivity contribution in [2.24, 2.45) is 0 Å². The number of nitrogens with one attached hydrogen (secondary N) is 1. The molecule has 0 spiro atoms. The number of nitriles is 1. The van der Waals surface area contributed by atoms with E-state index in [1.165, 1.54) is 6.07 Å². The molecule has 2 saturated heterocycles. The number of piperazine rings is 1. The summed E-state index contributed by atoms with van der Waals surface area (Å²) in [5.41, 5.74) is 0.657. The van der Waals surface area contributed by atoms with Crippen LogP contribution in [0.1, 0.15) is 42.5 Å². The maximum absolute atomic E-state index is 14.0. The maximum Gasteiger partial charge on any atom is 0.419 e. The summed E-state index contributed by atoms with van der Waals surface area (Å²) in [6.45, 7) is 4.21. The summed E-state index contributed by atoms with van der Waals surface area (Å²) in [5.74, 6) is -0.527. The van der Waals surface area contributed by atoms with E-state index in [2.05, 4.69) is 28.2 Å². The third-order valence-electron chi connectivity index (χ3n) is 7.84. The lowest BCUT2D eigenvalue weighted by molar-refractivity contribution is -0.139. The second-order valence-corrected chi connectivity index (χ2v) is 10.5. The van der Waals surface area contributed by atoms with E-state index < -0.39 is 17.6 Å². The fourth-order valence-corrected chi connectivity index (χ4v) is 5.69. The number of rotatable bonds is 6. The molecule has 210 valence electrons. The van der Waals surface area contributed by atoms with Crippen molar-refractivity contribution in [1.29, 1.82) is 5.26 Å². The number of aromatic nitrogens is 2. The second-order valence-electron chi connectivity index (χ2n) is 10.5. The zero-order valence-electron chi connectivity index (χ0n) is 22.0. The Bertz CT molecular complexity index is 1220. The average molecular weight is 548 g/mol. The summed E-state index contributed by atoms with van der Waals surface area (Å²) in [5, 5.41) is 12.6. The second kappa shape index (κ2) is 11.5. The van der Waals surface area contributed by atoms with Crippen LogP contribution in [0.3, 0.4) is 0 Å². The Morgan fingerprint density at radius 2 is 2.00 bits per heavy atom. The number of hydrogen-bond donors (Lipinski definition) is 1. The highest BCUT2D eigenvalue weighted by molar-refractivity contribution is 5.55. The number of alkyl halides is 3. The molecule has 2 fully saturated rings. The largest absolute Gasteiger partial charge is 0.462 e. The van der Waals surface area contributed by atoms with E-state index in [1.54, 1.807) is 0 Å². The first kappa shape index (κ1) is 27.4. The van der Waals surface area contributed by atoms with Crippen LogP contribution in [0.15, 0.2) is 18.2 Å². The molecule has 8 nitrogen and oxygen atoms in total. The predicted molar refractivity (Wildman–Crippen MR) is 138 cm³/mol. The molecule has 39 heavy (non-hydrogen) atoms. The quantitative estimate of drug-likeness (QED) is 0.548. The molecular formula is C27H33F4N7O. The molecular weight excluding hydrogens is 514 g/mol. The minimum atomic E-state index is -4.78. The van der Waals surface area contributed by atoms with Gasteiger partial charge in [-0.15, -0.1) is 0 Å². The van der Waals surface area contributed by atoms with Gasteiger partial charge in [0.1, 0.15) is 18.2 Å². The van der Waals surface area contributed by atoms with E-state index in [1.807, 2.05) is 4.90 Å². The number of halogens is 4. The van der Waals surface area contributed by atoms with Crippen molar-refractivity contribution in [3.8, 4) is 12.1 Å². The summed E-state index contributed by atoms with van der Waals surface area (Å²) >= 11 is 0. The molecule has 0 saturated carbocycles. The van der Waals surface area contributed by atoms with Crippen molar-refractivity contribution in [1.82, 2.24) is 20.2 Å². The predicted octanol–water partition coefficient (Wildman–Crippen LogP) is 3.75. The summed E-state index contributed by atoms with van der Waals surface area (Å²) in [6.07, 6.45) is -0.955. The number of anilines is 2. The van der Waals surface area contributed by atoms with Crippen molar-refractivity contribution in [2.45, 2.75) is 56.9 Å². The van der Waals surface area contributed by atoms with E-state index in [-0.39, 0.29) is 24.6 Å². The molecule has 3 aliphatic heterocycles. The molecule has 1 N–H and O–H groups in total. The van der Waals surface area contributed by atoms with Gasteiger partial charge in [0.2, 0.25) is 0 Å². The Labute approximate surface area is 225 Å². The SMILES string of the molecule is CN1CCC[C@H]1COc1nc2c(c(N3CCNC(CC#N)C3)n1)CCCN(c1ccc(F)c(C(F)(F)F)c1)C2. The van der Waals surface area contributed by atoms with Gasteiger partial charge in [-0.25, -0.2) is 4.39 Å². The van der Waals surface area contributed by atoms with Gasteiger partial charge in [-0.05, 0) is 57.5 Å². The number of nitrogens with zero attached hydrogens (tertiary/aromatic N) is 6. The molecule has 0 bridgehead atoms. The fourth-order valence-electron chi connectivity index (χ4n) is 5.69. The minimum absolute atomic E-state index is 0.00755. The van der Waals surface area contributed by atoms with Crippen molar-refractivity contribution in [3.05, 3.63) is 40.8 Å². The Kier molecular flexibility index (Phi) is 8.09. The molecule has 1 aromatic carbocycles. The molecule has 12 heteroatoms. The van der Waals surface area contributed by atoms with Crippen molar-refractivity contribution in [2.75, 3.05) is 56.2 Å². The van der Waals surface area contributed by atoms with Gasteiger partial charge in [-0.2, -0.15) is 28.4 Å². The van der Waals surface area contributed by atoms with Gasteiger partial charge in [0.25, 0.3) is 0 Å². The number of fused-ring (bicyclic) bond motifs is 1. The van der Waals surface area contributed by atoms with Crippen molar-refractivity contribution < 1.29 is 22.3 Å². The van der Waals surface area contributed by atoms with Crippen molar-refractivity contribution in [3.63, 3.8) is 0 Å². The molecule has 0 amide bonds. The third kappa shape index (κ3) is 6.20. The number of likely N-dealkylation sites (N-methyl/N-ethyl adjacent to an activating group) is 1. The summed E-state index contributed by atoms with van der Waals surface area (Å²) in [6, 6.07) is 5.88. The summed E-state index contributed by atoms with van der Waals surface area (Å²) < 4.78 is 60.4. The molecule has 2 atom stereocenters. The molecule has 2 aromatic rings. The zero-order chi connectivity index (χ0) is 27.6. The zero-order valence-corrected chi connectivity index (χ0v) is 22.0. The van der Waals surface area contributed by atoms with E-state index in [0.717, 1.165) is 42.9 Å². The van der Waals surface area contributed by atoms with E-state index >= 15 is 0 Å². The van der Waals surface area contributed by atoms with E-state index in [9.17, 15) is 22.8 Å². The molecule has 1 unspecified atom stereocenters. The highest BCUT2D eigenvalue weighted by atomic mass is 19.4. The van der Waals surface area contributed by atoms with Crippen molar-refractivity contribution >= 4 is 11.5 Å². The lowest BCUT2D eigenvalue weighted by atomic mass is 10.1. The van der Waals surface area contributed by atoms with Crippen LogP contribution in [0.2, 0.25) is 0 Å². The molecule has 1 aromatic heterocycles. The number of likely N-dealkylation sites (tertiary alicyclic amines) is 1. The number of hydrogen-bond acceptors (Lipinski definition) is 8. The van der Waals surface area contributed by atoms with Gasteiger partial charge in [-0.1, -0.05) is 0 Å². The fraction of sp³-hybridized carbons (Fsp3) is 0.593. The first-order valence-corrected chi connectivity index (χ1v) is 13.4. The Morgan fingerprint density at radius 1 is 1.15 bits per heavy atom. The van der Waals surface area contributed by atoms with Crippen LogP contribution in [0.25, 0.3) is 0 Å². The Morgan fingerprint density at radius 3 is 2.74 bits per heavy atom. The highest BCUT2D eigenvalue weighted by Gasteiger charge is 2.35. The van der Waals surface area contributed by atoms with Gasteiger partial charge in [0, 0.05) is 49.5 Å². The summed E-state index contributed by atoms with van der Waals surface area (Å²) in [7, 11) is 2.07. The van der Waals surface area contributed by atoms with Crippen LogP contribution in [-0.4, -0.2) is 73.3 Å². The standard InChI is InChI=1S/C27H33F4N7O/c1-36-11-2-4-20(36)17-39-26-34-24-16-37(19-6-7-23(28)22(14-19)27(29,30)31)12-3-5-21(24)25(35-26)38-13-10-33-18(15-38)8-9-32/h6-7,14,18,20,33H,2-5,8,10-13,15-17H2,1H3/t18?,20-/m0/s1. The van der Waals surface area contributed by atoms with Crippen LogP contribution in [0.4, 0.5) is 29.1 Å². The van der Waals surface area contributed by atoms with Gasteiger partial charge in [0.15, 0.2) is 0 Å². The van der Waals surface area contributed by atoms with E-state index in [0.29, 0.717) is 63.4 Å². The molecule has 0 aliphatic carbocycles. The summed E-state index contributed by atoms with van der Waals surface area (Å²) in [4.78, 5) is 15.8. The van der Waals surface area contributed by atoms with Crippen LogP contribution < -0.4 is 19.9 Å². The van der Waals surface area contributed by atoms with Crippen LogP contribution >= 0.6 is 0 Å². The molecule has 4 heterocycles. The smallest absolute Gasteiger partial charge is 0.419 e. The van der Waals surface area contributed by atoms with Gasteiger partial charge >= 0.3 is 12.2 Å². The van der Waals surface area contributed by atoms with Gasteiger partial charge in [0.05, 0.1) is 30.3 Å². The van der Waals surface area contributed by atoms with E-state index in [4.69, 9.17) is 14.7 Å². The molecule has 0 radical (unpaired) electrons. The first-order valence-electron chi connectivity index (χ1n) is 13.4. The average Bonchev–Trinajstić information content (AvgIpc) is 3.19. The maximum atomic E-state index is 14.0. The third-order valence-corrected chi connectivity index (χ3v) is 7.84. The lowest BCUT2D eigenvalue weighted by Gasteiger charge is -2.35. The number of benzene rings is 1. The number of ether oxygens (including phenoxy) is 1. The first-order chi connectivity index (χ1) is 18.7. The van der Waals surface area contributed by atoms with Gasteiger partial charge in [-0.3, -0.25) is 0 Å². The lowest BCUT2D eigenvalue weighted by Crippen LogP contribution is -2.51. The monoisotopic (exact) mass is 547 g/mol. The Hall–Kier alpha value is -3.17. The van der Waals surface area contributed by atoms with Crippen LogP contribution in [-0.2, 0) is 19.1 Å². The Balaban J connectivity index is 1.47. The molecule has 3 aliphatic rings. The normalized spacial score (nSPS) is 22.4. The molecule has 5 rings (SSSR count).